The Morgan fingerprint density at radius 2 is 2.04 bits per heavy atom. The lowest BCUT2D eigenvalue weighted by Gasteiger charge is -2.17. The number of carboxylic acids is 1. The molecule has 0 saturated heterocycles. The van der Waals surface area contributed by atoms with Gasteiger partial charge < -0.3 is 10.4 Å². The van der Waals surface area contributed by atoms with Crippen molar-refractivity contribution in [2.75, 3.05) is 0 Å². The Labute approximate surface area is 143 Å². The van der Waals surface area contributed by atoms with Crippen molar-refractivity contribution in [1.29, 1.82) is 0 Å². The Morgan fingerprint density at radius 3 is 2.65 bits per heavy atom. The summed E-state index contributed by atoms with van der Waals surface area (Å²) in [5.74, 6) is -1.59. The monoisotopic (exact) mass is 352 g/mol. The van der Waals surface area contributed by atoms with Gasteiger partial charge in [0, 0.05) is 10.9 Å². The second kappa shape index (κ2) is 7.57. The molecule has 1 amide bonds. The van der Waals surface area contributed by atoms with Gasteiger partial charge in [-0.1, -0.05) is 43.6 Å². The highest BCUT2D eigenvalue weighted by molar-refractivity contribution is 7.13. The molecular weight excluding hydrogens is 336 g/mol. The molecular formula is C16H17ClN2O3S. The molecule has 2 N–H and O–H groups in total. The van der Waals surface area contributed by atoms with Crippen LogP contribution in [0.25, 0.3) is 10.6 Å². The van der Waals surface area contributed by atoms with Crippen molar-refractivity contribution in [3.05, 3.63) is 40.4 Å². The number of amides is 1. The fraction of sp³-hybridized carbons (Fsp3) is 0.312. The summed E-state index contributed by atoms with van der Waals surface area (Å²) < 4.78 is 0. The highest BCUT2D eigenvalue weighted by Crippen LogP contribution is 2.30. The first-order valence-electron chi connectivity index (χ1n) is 7.10. The van der Waals surface area contributed by atoms with E-state index >= 15 is 0 Å². The third-order valence-corrected chi connectivity index (χ3v) is 4.50. The Bertz CT molecular complexity index is 715. The molecule has 0 aliphatic carbocycles. The van der Waals surface area contributed by atoms with Crippen molar-refractivity contribution in [2.45, 2.75) is 26.3 Å². The molecule has 1 aromatic heterocycles. The number of hydrogen-bond donors (Lipinski definition) is 2. The summed E-state index contributed by atoms with van der Waals surface area (Å²) in [7, 11) is 0. The predicted molar refractivity (Wildman–Crippen MR) is 90.7 cm³/mol. The second-order valence-corrected chi connectivity index (χ2v) is 6.69. The van der Waals surface area contributed by atoms with Gasteiger partial charge in [-0.25, -0.2) is 9.78 Å². The van der Waals surface area contributed by atoms with E-state index in [-0.39, 0.29) is 18.2 Å². The highest BCUT2D eigenvalue weighted by atomic mass is 35.5. The molecule has 2 rings (SSSR count). The topological polar surface area (TPSA) is 79.3 Å². The quantitative estimate of drug-likeness (QED) is 0.836. The molecule has 1 atom stereocenters. The maximum Gasteiger partial charge on any atom is 0.326 e. The van der Waals surface area contributed by atoms with E-state index in [9.17, 15) is 9.59 Å². The lowest BCUT2D eigenvalue weighted by atomic mass is 10.0. The number of thiazole rings is 1. The number of aliphatic carboxylic acids is 1. The number of halogens is 1. The van der Waals surface area contributed by atoms with Crippen LogP contribution in [0.5, 0.6) is 0 Å². The molecule has 0 aliphatic rings. The van der Waals surface area contributed by atoms with Gasteiger partial charge in [0.2, 0.25) is 5.91 Å². The van der Waals surface area contributed by atoms with Gasteiger partial charge in [0.25, 0.3) is 0 Å². The van der Waals surface area contributed by atoms with Crippen LogP contribution in [0.3, 0.4) is 0 Å². The van der Waals surface area contributed by atoms with Crippen LogP contribution in [0.2, 0.25) is 5.02 Å². The van der Waals surface area contributed by atoms with Crippen molar-refractivity contribution < 1.29 is 14.7 Å². The normalized spacial score (nSPS) is 12.2. The molecule has 2 aromatic rings. The van der Waals surface area contributed by atoms with Gasteiger partial charge in [-0.05, 0) is 12.0 Å². The van der Waals surface area contributed by atoms with Gasteiger partial charge in [-0.3, -0.25) is 4.79 Å². The molecule has 0 aliphatic heterocycles. The van der Waals surface area contributed by atoms with Crippen LogP contribution < -0.4 is 5.32 Å². The highest BCUT2D eigenvalue weighted by Gasteiger charge is 2.23. The zero-order valence-electron chi connectivity index (χ0n) is 12.7. The molecule has 1 unspecified atom stereocenters. The van der Waals surface area contributed by atoms with Crippen molar-refractivity contribution in [1.82, 2.24) is 10.3 Å². The molecule has 0 spiro atoms. The average molecular weight is 353 g/mol. The molecule has 1 heterocycles. The van der Waals surface area contributed by atoms with Gasteiger partial charge in [-0.15, -0.1) is 11.3 Å². The molecule has 0 radical (unpaired) electrons. The largest absolute Gasteiger partial charge is 0.480 e. The lowest BCUT2D eigenvalue weighted by Crippen LogP contribution is -2.44. The Kier molecular flexibility index (Phi) is 5.74. The number of aromatic nitrogens is 1. The number of rotatable bonds is 6. The smallest absolute Gasteiger partial charge is 0.326 e. The van der Waals surface area contributed by atoms with Crippen molar-refractivity contribution in [3.8, 4) is 10.6 Å². The Balaban J connectivity index is 2.06. The molecule has 0 bridgehead atoms. The summed E-state index contributed by atoms with van der Waals surface area (Å²) in [6.07, 6.45) is 0.0391. The van der Waals surface area contributed by atoms with E-state index in [1.54, 1.807) is 25.3 Å². The zero-order valence-corrected chi connectivity index (χ0v) is 14.3. The molecule has 5 nitrogen and oxygen atoms in total. The summed E-state index contributed by atoms with van der Waals surface area (Å²) in [5.41, 5.74) is 1.41. The number of carbonyl (C=O) groups excluding carboxylic acids is 1. The second-order valence-electron chi connectivity index (χ2n) is 5.43. The van der Waals surface area contributed by atoms with Crippen LogP contribution in [0.15, 0.2) is 29.6 Å². The maximum atomic E-state index is 12.0. The van der Waals surface area contributed by atoms with E-state index in [0.29, 0.717) is 10.7 Å². The summed E-state index contributed by atoms with van der Waals surface area (Å²) in [5, 5.41) is 14.7. The minimum atomic E-state index is -1.04. The fourth-order valence-corrected chi connectivity index (χ4v) is 3.19. The molecule has 0 saturated carbocycles. The molecule has 7 heteroatoms. The fourth-order valence-electron chi connectivity index (χ4n) is 2.05. The van der Waals surface area contributed by atoms with Crippen LogP contribution in [0.1, 0.15) is 19.5 Å². The van der Waals surface area contributed by atoms with Gasteiger partial charge in [0.1, 0.15) is 11.0 Å². The predicted octanol–water partition coefficient (Wildman–Crippen LogP) is 3.23. The first-order chi connectivity index (χ1) is 10.9. The summed E-state index contributed by atoms with van der Waals surface area (Å²) in [4.78, 5) is 27.5. The summed E-state index contributed by atoms with van der Waals surface area (Å²) in [6.45, 7) is 3.49. The van der Waals surface area contributed by atoms with Crippen LogP contribution in [-0.4, -0.2) is 28.0 Å². The minimum absolute atomic E-state index is 0.0391. The molecule has 23 heavy (non-hydrogen) atoms. The van der Waals surface area contributed by atoms with Gasteiger partial charge in [0.05, 0.1) is 17.1 Å². The van der Waals surface area contributed by atoms with E-state index in [4.69, 9.17) is 16.7 Å². The molecule has 0 fully saturated rings. The van der Waals surface area contributed by atoms with E-state index < -0.39 is 12.0 Å². The Hall–Kier alpha value is -1.92. The van der Waals surface area contributed by atoms with E-state index in [1.807, 2.05) is 18.2 Å². The van der Waals surface area contributed by atoms with Crippen LogP contribution in [-0.2, 0) is 16.0 Å². The van der Waals surface area contributed by atoms with E-state index in [1.165, 1.54) is 11.3 Å². The summed E-state index contributed by atoms with van der Waals surface area (Å²) in [6, 6.07) is 6.46. The number of carbonyl (C=O) groups is 2. The minimum Gasteiger partial charge on any atom is -0.480 e. The third-order valence-electron chi connectivity index (χ3n) is 3.25. The van der Waals surface area contributed by atoms with Crippen molar-refractivity contribution >= 4 is 34.8 Å². The third kappa shape index (κ3) is 4.53. The molecule has 1 aromatic carbocycles. The van der Waals surface area contributed by atoms with Crippen LogP contribution >= 0.6 is 22.9 Å². The van der Waals surface area contributed by atoms with Crippen molar-refractivity contribution in [3.63, 3.8) is 0 Å². The van der Waals surface area contributed by atoms with Crippen molar-refractivity contribution in [2.24, 2.45) is 5.92 Å². The van der Waals surface area contributed by atoms with Gasteiger partial charge in [0.15, 0.2) is 0 Å². The standard InChI is InChI=1S/C16H17ClN2O3S/c1-9(2)14(16(21)22)19-13(20)7-10-8-23-15(18-10)11-5-3-4-6-12(11)17/h3-6,8-9,14H,7H2,1-2H3,(H,19,20)(H,21,22). The van der Waals surface area contributed by atoms with Crippen LogP contribution in [0, 0.1) is 5.92 Å². The maximum absolute atomic E-state index is 12.0. The van der Waals surface area contributed by atoms with Crippen LogP contribution in [0.4, 0.5) is 0 Å². The molecule has 122 valence electrons. The number of benzene rings is 1. The lowest BCUT2D eigenvalue weighted by molar-refractivity contribution is -0.143. The zero-order chi connectivity index (χ0) is 17.0. The van der Waals surface area contributed by atoms with Gasteiger partial charge >= 0.3 is 5.97 Å². The van der Waals surface area contributed by atoms with E-state index in [0.717, 1.165) is 10.6 Å². The average Bonchev–Trinajstić information content (AvgIpc) is 2.92. The Morgan fingerprint density at radius 1 is 1.35 bits per heavy atom. The number of hydrogen-bond acceptors (Lipinski definition) is 4. The first-order valence-corrected chi connectivity index (χ1v) is 8.35. The summed E-state index contributed by atoms with van der Waals surface area (Å²) >= 11 is 7.53. The first kappa shape index (κ1) is 17.4. The number of nitrogens with one attached hydrogen (secondary N) is 1. The van der Waals surface area contributed by atoms with Gasteiger partial charge in [-0.2, -0.15) is 0 Å². The SMILES string of the molecule is CC(C)C(NC(=O)Cc1csc(-c2ccccc2Cl)n1)C(=O)O. The number of carboxylic acid groups (broad SMARTS) is 1. The van der Waals surface area contributed by atoms with E-state index in [2.05, 4.69) is 10.3 Å². The number of nitrogens with zero attached hydrogens (tertiary/aromatic N) is 1.